The molecular formula is C16H25N3O. The monoisotopic (exact) mass is 275 g/mol. The molecule has 0 bridgehead atoms. The maximum atomic E-state index is 8.12. The van der Waals surface area contributed by atoms with E-state index in [4.69, 9.17) is 10.3 Å². The van der Waals surface area contributed by atoms with Crippen molar-refractivity contribution in [3.8, 4) is 0 Å². The van der Waals surface area contributed by atoms with Crippen LogP contribution in [0.1, 0.15) is 44.1 Å². The lowest BCUT2D eigenvalue weighted by atomic mass is 10.1. The highest BCUT2D eigenvalue weighted by molar-refractivity contribution is 5.14. The van der Waals surface area contributed by atoms with E-state index < -0.39 is 0 Å². The number of aryl methyl sites for hydroxylation is 1. The van der Waals surface area contributed by atoms with Crippen LogP contribution < -0.4 is 0 Å². The highest BCUT2D eigenvalue weighted by atomic mass is 16.5. The van der Waals surface area contributed by atoms with Crippen LogP contribution in [0.15, 0.2) is 35.4 Å². The Morgan fingerprint density at radius 1 is 0.900 bits per heavy atom. The molecule has 1 rings (SSSR count). The van der Waals surface area contributed by atoms with Gasteiger partial charge < -0.3 is 4.74 Å². The lowest BCUT2D eigenvalue weighted by Gasteiger charge is -2.04. The molecule has 0 saturated heterocycles. The van der Waals surface area contributed by atoms with Gasteiger partial charge in [-0.3, -0.25) is 0 Å². The number of azide groups is 1. The molecule has 0 unspecified atom stereocenters. The molecule has 0 amide bonds. The summed E-state index contributed by atoms with van der Waals surface area (Å²) in [6, 6.07) is 10.6. The van der Waals surface area contributed by atoms with E-state index >= 15 is 0 Å². The van der Waals surface area contributed by atoms with Crippen LogP contribution in [0.25, 0.3) is 10.4 Å². The predicted octanol–water partition coefficient (Wildman–Crippen LogP) is 4.90. The highest BCUT2D eigenvalue weighted by Gasteiger charge is 1.94. The van der Waals surface area contributed by atoms with E-state index in [-0.39, 0.29) is 0 Å². The highest BCUT2D eigenvalue weighted by Crippen LogP contribution is 2.05. The zero-order valence-corrected chi connectivity index (χ0v) is 12.2. The molecule has 0 aliphatic carbocycles. The molecule has 1 aromatic rings. The number of ether oxygens (including phenoxy) is 1. The van der Waals surface area contributed by atoms with E-state index in [1.54, 1.807) is 0 Å². The van der Waals surface area contributed by atoms with Crippen molar-refractivity contribution in [1.82, 2.24) is 0 Å². The Bertz CT molecular complexity index is 375. The average molecular weight is 275 g/mol. The van der Waals surface area contributed by atoms with E-state index in [1.807, 2.05) is 0 Å². The first-order valence-corrected chi connectivity index (χ1v) is 7.56. The third-order valence-electron chi connectivity index (χ3n) is 3.21. The van der Waals surface area contributed by atoms with E-state index in [9.17, 15) is 0 Å². The van der Waals surface area contributed by atoms with Gasteiger partial charge in [-0.15, -0.1) is 0 Å². The van der Waals surface area contributed by atoms with Crippen LogP contribution in [0, 0.1) is 0 Å². The minimum atomic E-state index is 0.622. The Hall–Kier alpha value is -1.51. The second-order valence-electron chi connectivity index (χ2n) is 4.92. The zero-order valence-electron chi connectivity index (χ0n) is 12.2. The Balaban J connectivity index is 1.80. The summed E-state index contributed by atoms with van der Waals surface area (Å²) in [6.07, 6.45) is 7.84. The minimum Gasteiger partial charge on any atom is -0.381 e. The van der Waals surface area contributed by atoms with E-state index in [2.05, 4.69) is 40.4 Å². The molecule has 0 aromatic heterocycles. The van der Waals surface area contributed by atoms with Gasteiger partial charge >= 0.3 is 0 Å². The number of hydrogen-bond acceptors (Lipinski definition) is 2. The molecule has 4 heteroatoms. The third-order valence-corrected chi connectivity index (χ3v) is 3.21. The fourth-order valence-electron chi connectivity index (χ4n) is 2.06. The van der Waals surface area contributed by atoms with Gasteiger partial charge in [0.05, 0.1) is 0 Å². The largest absolute Gasteiger partial charge is 0.381 e. The molecular weight excluding hydrogens is 250 g/mol. The van der Waals surface area contributed by atoms with Crippen molar-refractivity contribution in [2.75, 3.05) is 19.8 Å². The van der Waals surface area contributed by atoms with E-state index in [1.165, 1.54) is 12.0 Å². The van der Waals surface area contributed by atoms with Crippen molar-refractivity contribution in [2.45, 2.75) is 44.9 Å². The molecule has 20 heavy (non-hydrogen) atoms. The maximum absolute atomic E-state index is 8.12. The SMILES string of the molecule is [N-]=[N+]=NCCCCCCOCCCCc1ccccc1. The van der Waals surface area contributed by atoms with Gasteiger partial charge in [0, 0.05) is 24.7 Å². The smallest absolute Gasteiger partial charge is 0.0466 e. The number of rotatable bonds is 12. The van der Waals surface area contributed by atoms with Gasteiger partial charge in [0.1, 0.15) is 0 Å². The van der Waals surface area contributed by atoms with Crippen LogP contribution in [0.3, 0.4) is 0 Å². The van der Waals surface area contributed by atoms with Crippen LogP contribution in [0.5, 0.6) is 0 Å². The van der Waals surface area contributed by atoms with Crippen molar-refractivity contribution in [3.63, 3.8) is 0 Å². The first-order chi connectivity index (χ1) is 9.93. The summed E-state index contributed by atoms with van der Waals surface area (Å²) in [5.74, 6) is 0. The molecule has 0 N–H and O–H groups in total. The fourth-order valence-corrected chi connectivity index (χ4v) is 2.06. The van der Waals surface area contributed by atoms with Crippen molar-refractivity contribution in [3.05, 3.63) is 46.3 Å². The van der Waals surface area contributed by atoms with E-state index in [0.717, 1.165) is 51.7 Å². The lowest BCUT2D eigenvalue weighted by Crippen LogP contribution is -1.98. The Morgan fingerprint density at radius 2 is 1.60 bits per heavy atom. The molecule has 0 radical (unpaired) electrons. The zero-order chi connectivity index (χ0) is 14.3. The molecule has 0 saturated carbocycles. The van der Waals surface area contributed by atoms with Crippen LogP contribution >= 0.6 is 0 Å². The van der Waals surface area contributed by atoms with Crippen molar-refractivity contribution < 1.29 is 4.74 Å². The van der Waals surface area contributed by atoms with Crippen LogP contribution in [-0.4, -0.2) is 19.8 Å². The second kappa shape index (κ2) is 12.5. The van der Waals surface area contributed by atoms with Gasteiger partial charge in [-0.1, -0.05) is 48.3 Å². The summed E-state index contributed by atoms with van der Waals surface area (Å²) in [5.41, 5.74) is 9.53. The number of hydrogen-bond donors (Lipinski definition) is 0. The quantitative estimate of drug-likeness (QED) is 0.232. The van der Waals surface area contributed by atoms with Gasteiger partial charge in [0.25, 0.3) is 0 Å². The molecule has 0 aliphatic rings. The number of nitrogens with zero attached hydrogens (tertiary/aromatic N) is 3. The summed E-state index contributed by atoms with van der Waals surface area (Å²) in [7, 11) is 0. The summed E-state index contributed by atoms with van der Waals surface area (Å²) in [4.78, 5) is 2.73. The molecule has 1 aromatic carbocycles. The second-order valence-corrected chi connectivity index (χ2v) is 4.92. The number of unbranched alkanes of at least 4 members (excludes halogenated alkanes) is 4. The predicted molar refractivity (Wildman–Crippen MR) is 82.7 cm³/mol. The Morgan fingerprint density at radius 3 is 2.35 bits per heavy atom. The van der Waals surface area contributed by atoms with Gasteiger partial charge in [-0.25, -0.2) is 0 Å². The van der Waals surface area contributed by atoms with Crippen LogP contribution in [0.4, 0.5) is 0 Å². The molecule has 0 aliphatic heterocycles. The summed E-state index contributed by atoms with van der Waals surface area (Å²) in [6.45, 7) is 2.34. The molecule has 110 valence electrons. The first kappa shape index (κ1) is 16.5. The molecule has 0 spiro atoms. The van der Waals surface area contributed by atoms with Crippen molar-refractivity contribution >= 4 is 0 Å². The van der Waals surface area contributed by atoms with Gasteiger partial charge in [0.2, 0.25) is 0 Å². The Labute approximate surface area is 121 Å². The summed E-state index contributed by atoms with van der Waals surface area (Å²) >= 11 is 0. The normalized spacial score (nSPS) is 10.2. The van der Waals surface area contributed by atoms with Gasteiger partial charge in [0.15, 0.2) is 0 Å². The fraction of sp³-hybridized carbons (Fsp3) is 0.625. The molecule has 0 heterocycles. The summed E-state index contributed by atoms with van der Waals surface area (Å²) < 4.78 is 5.62. The average Bonchev–Trinajstić information content (AvgIpc) is 2.49. The lowest BCUT2D eigenvalue weighted by molar-refractivity contribution is 0.126. The molecule has 4 nitrogen and oxygen atoms in total. The number of benzene rings is 1. The Kier molecular flexibility index (Phi) is 10.4. The molecule has 0 fully saturated rings. The van der Waals surface area contributed by atoms with Crippen molar-refractivity contribution in [1.29, 1.82) is 0 Å². The van der Waals surface area contributed by atoms with Crippen LogP contribution in [0.2, 0.25) is 0 Å². The first-order valence-electron chi connectivity index (χ1n) is 7.56. The minimum absolute atomic E-state index is 0.622. The van der Waals surface area contributed by atoms with E-state index in [0.29, 0.717) is 6.54 Å². The van der Waals surface area contributed by atoms with Gasteiger partial charge in [-0.2, -0.15) is 0 Å². The van der Waals surface area contributed by atoms with Crippen LogP contribution in [-0.2, 0) is 11.2 Å². The maximum Gasteiger partial charge on any atom is 0.0466 e. The summed E-state index contributed by atoms with van der Waals surface area (Å²) in [5, 5.41) is 3.51. The molecule has 0 atom stereocenters. The topological polar surface area (TPSA) is 58.0 Å². The third kappa shape index (κ3) is 9.42. The van der Waals surface area contributed by atoms with Gasteiger partial charge in [-0.05, 0) is 43.2 Å². The van der Waals surface area contributed by atoms with Crippen molar-refractivity contribution in [2.24, 2.45) is 5.11 Å². The standard InChI is InChI=1S/C16H25N3O/c17-19-18-13-7-1-2-8-14-20-15-9-6-12-16-10-4-3-5-11-16/h3-5,10-11H,1-2,6-9,12-15H2.